The fourth-order valence-electron chi connectivity index (χ4n) is 2.08. The molecule has 0 atom stereocenters. The Kier molecular flexibility index (Phi) is 1.70. The summed E-state index contributed by atoms with van der Waals surface area (Å²) in [4.78, 5) is 4.31. The molecule has 0 bridgehead atoms. The third-order valence-electron chi connectivity index (χ3n) is 2.99. The first-order valence-electron chi connectivity index (χ1n) is 5.10. The molecule has 2 heterocycles. The van der Waals surface area contributed by atoms with Gasteiger partial charge in [0.2, 0.25) is 0 Å². The van der Waals surface area contributed by atoms with Crippen LogP contribution < -0.4 is 11.5 Å². The highest BCUT2D eigenvalue weighted by Crippen LogP contribution is 2.33. The fraction of sp³-hybridized carbons (Fsp3) is 0.400. The van der Waals surface area contributed by atoms with Crippen molar-refractivity contribution >= 4 is 16.9 Å². The van der Waals surface area contributed by atoms with Crippen LogP contribution in [0.15, 0.2) is 18.3 Å². The zero-order valence-electron chi connectivity index (χ0n) is 8.30. The van der Waals surface area contributed by atoms with Gasteiger partial charge >= 0.3 is 0 Å². The molecule has 0 amide bonds. The quantitative estimate of drug-likeness (QED) is 0.713. The predicted molar refractivity (Wildman–Crippen MR) is 58.2 cm³/mol. The monoisotopic (exact) mass is 203 g/mol. The summed E-state index contributed by atoms with van der Waals surface area (Å²) in [5.74, 6) is 0.554. The number of aromatic nitrogens is 3. The Hall–Kier alpha value is -1.62. The van der Waals surface area contributed by atoms with Crippen LogP contribution in [0.25, 0.3) is 11.0 Å². The fourth-order valence-corrected chi connectivity index (χ4v) is 2.08. The molecular formula is C10H13N5. The van der Waals surface area contributed by atoms with Gasteiger partial charge < -0.3 is 11.5 Å². The Balaban J connectivity index is 2.11. The summed E-state index contributed by atoms with van der Waals surface area (Å²) >= 11 is 0. The molecular weight excluding hydrogens is 190 g/mol. The first-order chi connectivity index (χ1) is 7.25. The standard InChI is InChI=1S/C10H13N5/c11-6-4-7(5-6)15-10-8(9(12)14-15)2-1-3-13-10/h1-3,6-7H,4-5,11H2,(H2,12,14)/t6-,7-. The predicted octanol–water partition coefficient (Wildman–Crippen LogP) is 0.676. The van der Waals surface area contributed by atoms with E-state index in [0.29, 0.717) is 17.9 Å². The molecule has 2 aromatic heterocycles. The number of nitrogen functional groups attached to an aromatic ring is 1. The van der Waals surface area contributed by atoms with Crippen molar-refractivity contribution in [3.8, 4) is 0 Å². The normalized spacial score (nSPS) is 25.4. The van der Waals surface area contributed by atoms with Gasteiger partial charge in [-0.3, -0.25) is 0 Å². The molecule has 3 rings (SSSR count). The molecule has 4 N–H and O–H groups in total. The second kappa shape index (κ2) is 2.93. The Morgan fingerprint density at radius 1 is 1.40 bits per heavy atom. The largest absolute Gasteiger partial charge is 0.382 e. The highest BCUT2D eigenvalue weighted by molar-refractivity contribution is 5.86. The van der Waals surface area contributed by atoms with Crippen LogP contribution in [0.3, 0.4) is 0 Å². The van der Waals surface area contributed by atoms with Crippen LogP contribution in [-0.2, 0) is 0 Å². The van der Waals surface area contributed by atoms with Crippen molar-refractivity contribution in [3.05, 3.63) is 18.3 Å². The molecule has 15 heavy (non-hydrogen) atoms. The Morgan fingerprint density at radius 3 is 2.93 bits per heavy atom. The van der Waals surface area contributed by atoms with Crippen molar-refractivity contribution in [1.82, 2.24) is 14.8 Å². The lowest BCUT2D eigenvalue weighted by Gasteiger charge is -2.32. The highest BCUT2D eigenvalue weighted by Gasteiger charge is 2.30. The van der Waals surface area contributed by atoms with Crippen molar-refractivity contribution in [3.63, 3.8) is 0 Å². The van der Waals surface area contributed by atoms with E-state index in [1.807, 2.05) is 16.8 Å². The lowest BCUT2D eigenvalue weighted by Crippen LogP contribution is -2.38. The van der Waals surface area contributed by atoms with Gasteiger partial charge in [0.05, 0.1) is 11.4 Å². The average Bonchev–Trinajstić information content (AvgIpc) is 2.52. The van der Waals surface area contributed by atoms with E-state index in [0.717, 1.165) is 23.9 Å². The minimum atomic E-state index is 0.305. The molecule has 0 saturated heterocycles. The molecule has 5 heteroatoms. The maximum atomic E-state index is 5.83. The summed E-state index contributed by atoms with van der Waals surface area (Å²) in [5, 5.41) is 5.25. The number of hydrogen-bond donors (Lipinski definition) is 2. The Morgan fingerprint density at radius 2 is 2.20 bits per heavy atom. The van der Waals surface area contributed by atoms with Gasteiger partial charge in [-0.15, -0.1) is 0 Å². The SMILES string of the molecule is Nc1nn([C@H]2C[C@H](N)C2)c2ncccc12. The summed E-state index contributed by atoms with van der Waals surface area (Å²) in [6.07, 6.45) is 3.69. The van der Waals surface area contributed by atoms with Gasteiger partial charge in [0.25, 0.3) is 0 Å². The molecule has 1 aliphatic carbocycles. The third kappa shape index (κ3) is 1.20. The lowest BCUT2D eigenvalue weighted by molar-refractivity contribution is 0.253. The maximum absolute atomic E-state index is 5.83. The smallest absolute Gasteiger partial charge is 0.160 e. The summed E-state index contributed by atoms with van der Waals surface area (Å²) in [6, 6.07) is 4.49. The second-order valence-electron chi connectivity index (χ2n) is 4.09. The first kappa shape index (κ1) is 8.67. The number of pyridine rings is 1. The second-order valence-corrected chi connectivity index (χ2v) is 4.09. The van der Waals surface area contributed by atoms with Gasteiger partial charge in [-0.25, -0.2) is 9.67 Å². The molecule has 78 valence electrons. The van der Waals surface area contributed by atoms with E-state index in [1.165, 1.54) is 0 Å². The van der Waals surface area contributed by atoms with Gasteiger partial charge in [-0.05, 0) is 25.0 Å². The highest BCUT2D eigenvalue weighted by atomic mass is 15.3. The van der Waals surface area contributed by atoms with Gasteiger partial charge in [-0.1, -0.05) is 0 Å². The molecule has 1 fully saturated rings. The Labute approximate surface area is 87.1 Å². The van der Waals surface area contributed by atoms with Gasteiger partial charge in [0.15, 0.2) is 11.5 Å². The van der Waals surface area contributed by atoms with E-state index >= 15 is 0 Å². The number of anilines is 1. The molecule has 5 nitrogen and oxygen atoms in total. The number of hydrogen-bond acceptors (Lipinski definition) is 4. The van der Waals surface area contributed by atoms with E-state index in [-0.39, 0.29) is 0 Å². The van der Waals surface area contributed by atoms with E-state index in [9.17, 15) is 0 Å². The van der Waals surface area contributed by atoms with Crippen LogP contribution in [0.5, 0.6) is 0 Å². The summed E-state index contributed by atoms with van der Waals surface area (Å²) < 4.78 is 1.91. The van der Waals surface area contributed by atoms with Crippen molar-refractivity contribution in [1.29, 1.82) is 0 Å². The van der Waals surface area contributed by atoms with E-state index in [4.69, 9.17) is 11.5 Å². The molecule has 1 saturated carbocycles. The molecule has 0 aliphatic heterocycles. The molecule has 1 aliphatic rings. The first-order valence-corrected chi connectivity index (χ1v) is 5.10. The van der Waals surface area contributed by atoms with Crippen LogP contribution in [0, 0.1) is 0 Å². The minimum absolute atomic E-state index is 0.305. The molecule has 0 radical (unpaired) electrons. The average molecular weight is 203 g/mol. The summed E-state index contributed by atoms with van der Waals surface area (Å²) in [5.41, 5.74) is 12.5. The van der Waals surface area contributed by atoms with Crippen LogP contribution in [0.1, 0.15) is 18.9 Å². The van der Waals surface area contributed by atoms with Crippen molar-refractivity contribution in [2.75, 3.05) is 5.73 Å². The molecule has 0 unspecified atom stereocenters. The van der Waals surface area contributed by atoms with Gasteiger partial charge in [0, 0.05) is 12.2 Å². The number of nitrogens with zero attached hydrogens (tertiary/aromatic N) is 3. The van der Waals surface area contributed by atoms with Crippen molar-refractivity contribution in [2.45, 2.75) is 24.9 Å². The van der Waals surface area contributed by atoms with E-state index in [2.05, 4.69) is 10.1 Å². The zero-order chi connectivity index (χ0) is 10.4. The summed E-state index contributed by atoms with van der Waals surface area (Å²) in [6.45, 7) is 0. The number of nitrogens with two attached hydrogens (primary N) is 2. The number of rotatable bonds is 1. The van der Waals surface area contributed by atoms with E-state index in [1.54, 1.807) is 6.20 Å². The number of fused-ring (bicyclic) bond motifs is 1. The van der Waals surface area contributed by atoms with Crippen LogP contribution in [-0.4, -0.2) is 20.8 Å². The Bertz CT molecular complexity index is 497. The maximum Gasteiger partial charge on any atom is 0.160 e. The van der Waals surface area contributed by atoms with Gasteiger partial charge in [0.1, 0.15) is 0 Å². The third-order valence-corrected chi connectivity index (χ3v) is 2.99. The molecule has 2 aromatic rings. The minimum Gasteiger partial charge on any atom is -0.382 e. The zero-order valence-corrected chi connectivity index (χ0v) is 8.30. The van der Waals surface area contributed by atoms with Gasteiger partial charge in [-0.2, -0.15) is 5.10 Å². The topological polar surface area (TPSA) is 82.8 Å². The lowest BCUT2D eigenvalue weighted by atomic mass is 9.88. The van der Waals surface area contributed by atoms with Crippen LogP contribution >= 0.6 is 0 Å². The van der Waals surface area contributed by atoms with Crippen molar-refractivity contribution in [2.24, 2.45) is 5.73 Å². The summed E-state index contributed by atoms with van der Waals surface area (Å²) in [7, 11) is 0. The van der Waals surface area contributed by atoms with Crippen LogP contribution in [0.2, 0.25) is 0 Å². The van der Waals surface area contributed by atoms with Crippen LogP contribution in [0.4, 0.5) is 5.82 Å². The van der Waals surface area contributed by atoms with Crippen molar-refractivity contribution < 1.29 is 0 Å². The molecule has 0 aromatic carbocycles. The molecule has 0 spiro atoms. The van der Waals surface area contributed by atoms with E-state index < -0.39 is 0 Å².